The van der Waals surface area contributed by atoms with Crippen LogP contribution < -0.4 is 10.1 Å². The number of methoxy groups -OCH3 is 2. The fourth-order valence-corrected chi connectivity index (χ4v) is 3.21. The fourth-order valence-electron chi connectivity index (χ4n) is 3.21. The number of aryl methyl sites for hydroxylation is 2. The van der Waals surface area contributed by atoms with Crippen LogP contribution in [0.15, 0.2) is 17.3 Å². The second kappa shape index (κ2) is 7.46. The van der Waals surface area contributed by atoms with Crippen molar-refractivity contribution in [3.05, 3.63) is 28.8 Å². The molecule has 1 aliphatic heterocycles. The van der Waals surface area contributed by atoms with Gasteiger partial charge >= 0.3 is 5.97 Å². The van der Waals surface area contributed by atoms with Gasteiger partial charge in [-0.2, -0.15) is 0 Å². The number of carbonyl (C=O) groups is 1. The first-order chi connectivity index (χ1) is 11.0. The second-order valence-corrected chi connectivity index (χ2v) is 5.98. The number of hydrogen-bond donors (Lipinski definition) is 2. The predicted octanol–water partition coefficient (Wildman–Crippen LogP) is 2.03. The average Bonchev–Trinajstić information content (AvgIpc) is 3.00. The molecule has 2 N–H and O–H groups in total. The van der Waals surface area contributed by atoms with Gasteiger partial charge in [-0.1, -0.05) is 5.16 Å². The van der Waals surface area contributed by atoms with Crippen LogP contribution in [0.25, 0.3) is 0 Å². The van der Waals surface area contributed by atoms with Crippen molar-refractivity contribution in [3.8, 4) is 5.75 Å². The highest BCUT2D eigenvalue weighted by atomic mass is 16.5. The normalized spacial score (nSPS) is 21.3. The van der Waals surface area contributed by atoms with Crippen molar-refractivity contribution < 1.29 is 19.5 Å². The van der Waals surface area contributed by atoms with Gasteiger partial charge in [0, 0.05) is 5.56 Å². The minimum atomic E-state index is -0.274. The fraction of sp³-hybridized carbons (Fsp3) is 0.529. The lowest BCUT2D eigenvalue weighted by Gasteiger charge is -2.14. The van der Waals surface area contributed by atoms with E-state index >= 15 is 0 Å². The molecule has 1 saturated heterocycles. The third-order valence-electron chi connectivity index (χ3n) is 4.31. The number of rotatable bonds is 5. The summed E-state index contributed by atoms with van der Waals surface area (Å²) in [5, 5.41) is 16.0. The van der Waals surface area contributed by atoms with E-state index in [0.717, 1.165) is 22.4 Å². The van der Waals surface area contributed by atoms with Gasteiger partial charge in [0.15, 0.2) is 0 Å². The molecule has 0 spiro atoms. The van der Waals surface area contributed by atoms with Crippen LogP contribution in [0.1, 0.15) is 29.5 Å². The maximum absolute atomic E-state index is 11.6. The summed E-state index contributed by atoms with van der Waals surface area (Å²) in [7, 11) is 3.04. The average molecular weight is 320 g/mol. The third-order valence-corrected chi connectivity index (χ3v) is 4.31. The summed E-state index contributed by atoms with van der Waals surface area (Å²) < 4.78 is 10.1. The molecule has 1 fully saturated rings. The van der Waals surface area contributed by atoms with Crippen molar-refractivity contribution in [2.75, 3.05) is 20.8 Å². The van der Waals surface area contributed by atoms with Crippen LogP contribution in [-0.4, -0.2) is 43.7 Å². The van der Waals surface area contributed by atoms with Crippen LogP contribution in [-0.2, 0) is 9.53 Å². The lowest BCUT2D eigenvalue weighted by atomic mass is 9.93. The van der Waals surface area contributed by atoms with Crippen molar-refractivity contribution >= 4 is 11.7 Å². The number of carbonyl (C=O) groups excluding carboxylic acids is 1. The Balaban J connectivity index is 2.12. The molecule has 6 heteroatoms. The Morgan fingerprint density at radius 3 is 2.52 bits per heavy atom. The van der Waals surface area contributed by atoms with Crippen LogP contribution in [0.3, 0.4) is 0 Å². The van der Waals surface area contributed by atoms with Gasteiger partial charge in [0.25, 0.3) is 0 Å². The molecule has 0 aliphatic carbocycles. The number of oxime groups is 1. The Morgan fingerprint density at radius 2 is 2.00 bits per heavy atom. The van der Waals surface area contributed by atoms with E-state index in [-0.39, 0.29) is 17.9 Å². The van der Waals surface area contributed by atoms with E-state index in [1.54, 1.807) is 7.11 Å². The zero-order valence-electron chi connectivity index (χ0n) is 14.0. The van der Waals surface area contributed by atoms with Crippen molar-refractivity contribution in [1.82, 2.24) is 5.32 Å². The Kier molecular flexibility index (Phi) is 5.60. The van der Waals surface area contributed by atoms with Gasteiger partial charge in [-0.3, -0.25) is 4.79 Å². The van der Waals surface area contributed by atoms with Crippen molar-refractivity contribution in [1.29, 1.82) is 0 Å². The van der Waals surface area contributed by atoms with Crippen molar-refractivity contribution in [2.45, 2.75) is 32.7 Å². The highest BCUT2D eigenvalue weighted by Gasteiger charge is 2.31. The molecule has 0 aromatic heterocycles. The van der Waals surface area contributed by atoms with E-state index in [2.05, 4.69) is 10.5 Å². The molecular weight excluding hydrogens is 296 g/mol. The first-order valence-corrected chi connectivity index (χ1v) is 7.67. The maximum atomic E-state index is 11.6. The summed E-state index contributed by atoms with van der Waals surface area (Å²) >= 11 is 0. The number of nitrogens with zero attached hydrogens (tertiary/aromatic N) is 1. The molecule has 2 rings (SSSR count). The summed E-state index contributed by atoms with van der Waals surface area (Å²) in [5.41, 5.74) is 3.50. The zero-order chi connectivity index (χ0) is 17.0. The predicted molar refractivity (Wildman–Crippen MR) is 87.3 cm³/mol. The van der Waals surface area contributed by atoms with Gasteiger partial charge in [-0.05, 0) is 62.4 Å². The topological polar surface area (TPSA) is 80.2 Å². The first-order valence-electron chi connectivity index (χ1n) is 7.67. The van der Waals surface area contributed by atoms with Crippen LogP contribution in [0.4, 0.5) is 0 Å². The van der Waals surface area contributed by atoms with E-state index in [9.17, 15) is 10.0 Å². The molecule has 0 amide bonds. The summed E-state index contributed by atoms with van der Waals surface area (Å²) in [6.07, 6.45) is 1.28. The van der Waals surface area contributed by atoms with Gasteiger partial charge < -0.3 is 20.0 Å². The largest absolute Gasteiger partial charge is 0.496 e. The molecule has 23 heavy (non-hydrogen) atoms. The quantitative estimate of drug-likeness (QED) is 0.375. The molecule has 0 unspecified atom stereocenters. The van der Waals surface area contributed by atoms with Gasteiger partial charge in [0.2, 0.25) is 0 Å². The molecule has 1 aliphatic rings. The maximum Gasteiger partial charge on any atom is 0.322 e. The van der Waals surface area contributed by atoms with Crippen LogP contribution in [0.2, 0.25) is 0 Å². The standard InChI is InChI=1S/C17H24N2O4/c1-10-5-13(6-11(2)16(10)22-3)14(19-21)7-12-8-15(18-9-12)17(20)23-4/h5-6,12,15,18,21H,7-9H2,1-4H3/b19-14+/t12-,15-/m0/s1. The lowest BCUT2D eigenvalue weighted by Crippen LogP contribution is -2.31. The van der Waals surface area contributed by atoms with E-state index < -0.39 is 0 Å². The molecule has 0 radical (unpaired) electrons. The summed E-state index contributed by atoms with van der Waals surface area (Å²) in [5.74, 6) is 0.832. The molecule has 1 heterocycles. The van der Waals surface area contributed by atoms with E-state index in [1.807, 2.05) is 26.0 Å². The molecular formula is C17H24N2O4. The summed E-state index contributed by atoms with van der Waals surface area (Å²) in [6, 6.07) is 3.64. The van der Waals surface area contributed by atoms with Crippen molar-refractivity contribution in [2.24, 2.45) is 11.1 Å². The van der Waals surface area contributed by atoms with Gasteiger partial charge in [0.1, 0.15) is 11.8 Å². The van der Waals surface area contributed by atoms with E-state index in [4.69, 9.17) is 9.47 Å². The number of ether oxygens (including phenoxy) is 2. The summed E-state index contributed by atoms with van der Waals surface area (Å²) in [6.45, 7) is 4.64. The minimum Gasteiger partial charge on any atom is -0.496 e. The molecule has 0 bridgehead atoms. The Bertz CT molecular complexity index is 590. The van der Waals surface area contributed by atoms with Crippen molar-refractivity contribution in [3.63, 3.8) is 0 Å². The zero-order valence-corrected chi connectivity index (χ0v) is 14.0. The highest BCUT2D eigenvalue weighted by Crippen LogP contribution is 2.27. The number of esters is 1. The van der Waals surface area contributed by atoms with Crippen LogP contribution in [0, 0.1) is 19.8 Å². The molecule has 2 atom stereocenters. The molecule has 126 valence electrons. The second-order valence-electron chi connectivity index (χ2n) is 5.98. The van der Waals surface area contributed by atoms with Gasteiger partial charge in [-0.25, -0.2) is 0 Å². The van der Waals surface area contributed by atoms with Gasteiger partial charge in [0.05, 0.1) is 19.9 Å². The highest BCUT2D eigenvalue weighted by molar-refractivity contribution is 6.01. The van der Waals surface area contributed by atoms with Crippen LogP contribution in [0.5, 0.6) is 5.75 Å². The van der Waals surface area contributed by atoms with E-state index in [0.29, 0.717) is 25.1 Å². The monoisotopic (exact) mass is 320 g/mol. The summed E-state index contributed by atoms with van der Waals surface area (Å²) in [4.78, 5) is 11.6. The Morgan fingerprint density at radius 1 is 1.35 bits per heavy atom. The van der Waals surface area contributed by atoms with Crippen LogP contribution >= 0.6 is 0 Å². The Hall–Kier alpha value is -2.08. The molecule has 0 saturated carbocycles. The SMILES string of the molecule is COC(=O)[C@@H]1C[C@H](C/C(=N\O)c2cc(C)c(OC)c(C)c2)CN1. The smallest absolute Gasteiger partial charge is 0.322 e. The first kappa shape index (κ1) is 17.3. The Labute approximate surface area is 136 Å². The number of benzene rings is 1. The number of hydrogen-bond acceptors (Lipinski definition) is 6. The molecule has 1 aromatic carbocycles. The third kappa shape index (κ3) is 3.82. The van der Waals surface area contributed by atoms with E-state index in [1.165, 1.54) is 7.11 Å². The molecule has 1 aromatic rings. The minimum absolute atomic E-state index is 0.229. The lowest BCUT2D eigenvalue weighted by molar-refractivity contribution is -0.142. The van der Waals surface area contributed by atoms with Gasteiger partial charge in [-0.15, -0.1) is 0 Å². The molecule has 6 nitrogen and oxygen atoms in total. The number of nitrogens with one attached hydrogen (secondary N) is 1.